The number of rotatable bonds is 8. The molecule has 0 aliphatic carbocycles. The van der Waals surface area contributed by atoms with E-state index >= 15 is 0 Å². The van der Waals surface area contributed by atoms with Gasteiger partial charge < -0.3 is 10.0 Å². The summed E-state index contributed by atoms with van der Waals surface area (Å²) in [7, 11) is 0. The lowest BCUT2D eigenvalue weighted by Crippen LogP contribution is -2.30. The van der Waals surface area contributed by atoms with Gasteiger partial charge in [0.05, 0.1) is 21.7 Å². The number of carbonyl (C=O) groups is 2. The van der Waals surface area contributed by atoms with Gasteiger partial charge in [-0.25, -0.2) is 0 Å². The molecule has 1 N–H and O–H groups in total. The van der Waals surface area contributed by atoms with Gasteiger partial charge in [0.15, 0.2) is 0 Å². The highest BCUT2D eigenvalue weighted by Crippen LogP contribution is 2.41. The lowest BCUT2D eigenvalue weighted by atomic mass is 9.96. The number of nitrogens with zero attached hydrogens (tertiary/aromatic N) is 1. The van der Waals surface area contributed by atoms with Gasteiger partial charge in [0.1, 0.15) is 0 Å². The van der Waals surface area contributed by atoms with Crippen molar-refractivity contribution < 1.29 is 14.7 Å². The van der Waals surface area contributed by atoms with Crippen LogP contribution in [-0.2, 0) is 16.0 Å². The predicted octanol–water partition coefficient (Wildman–Crippen LogP) is 5.45. The molecule has 0 fully saturated rings. The zero-order valence-corrected chi connectivity index (χ0v) is 16.3. The van der Waals surface area contributed by atoms with Crippen molar-refractivity contribution in [2.45, 2.75) is 46.5 Å². The second kappa shape index (κ2) is 9.50. The first-order chi connectivity index (χ1) is 11.2. The molecule has 0 aromatic heterocycles. The molecule has 0 aliphatic heterocycles. The van der Waals surface area contributed by atoms with Crippen LogP contribution >= 0.6 is 34.8 Å². The van der Waals surface area contributed by atoms with Crippen molar-refractivity contribution in [2.75, 3.05) is 11.4 Å². The van der Waals surface area contributed by atoms with Gasteiger partial charge in [-0.1, -0.05) is 55.1 Å². The molecular weight excluding hydrogens is 373 g/mol. The van der Waals surface area contributed by atoms with Crippen molar-refractivity contribution >= 4 is 52.4 Å². The number of carboxylic acids is 1. The molecule has 0 saturated carbocycles. The van der Waals surface area contributed by atoms with Crippen LogP contribution in [0.3, 0.4) is 0 Å². The Kier molecular flexibility index (Phi) is 8.34. The van der Waals surface area contributed by atoms with Gasteiger partial charge in [-0.2, -0.15) is 0 Å². The van der Waals surface area contributed by atoms with E-state index in [0.717, 1.165) is 12.8 Å². The smallest absolute Gasteiger partial charge is 0.306 e. The summed E-state index contributed by atoms with van der Waals surface area (Å²) in [6.07, 6.45) is 2.35. The fourth-order valence-corrected chi connectivity index (χ4v) is 3.57. The van der Waals surface area contributed by atoms with Crippen LogP contribution in [0.4, 0.5) is 5.69 Å². The number of benzene rings is 1. The molecule has 0 spiro atoms. The SMILES string of the molecule is CCCCN(C(C)=O)c1c(Cl)cc(Cl)c(CC(CC)C(=O)O)c1Cl. The van der Waals surface area contributed by atoms with Crippen LogP contribution in [0, 0.1) is 5.92 Å². The summed E-state index contributed by atoms with van der Waals surface area (Å²) in [5.74, 6) is -1.68. The van der Waals surface area contributed by atoms with E-state index in [1.807, 2.05) is 6.92 Å². The van der Waals surface area contributed by atoms with Gasteiger partial charge in [0.2, 0.25) is 5.91 Å². The highest BCUT2D eigenvalue weighted by Gasteiger charge is 2.25. The summed E-state index contributed by atoms with van der Waals surface area (Å²) in [5, 5.41) is 10.1. The Morgan fingerprint density at radius 1 is 1.21 bits per heavy atom. The molecule has 134 valence electrons. The first-order valence-electron chi connectivity index (χ1n) is 7.91. The van der Waals surface area contributed by atoms with Gasteiger partial charge >= 0.3 is 5.97 Å². The molecule has 0 radical (unpaired) electrons. The monoisotopic (exact) mass is 393 g/mol. The minimum atomic E-state index is -0.907. The van der Waals surface area contributed by atoms with Crippen molar-refractivity contribution in [3.05, 3.63) is 26.7 Å². The van der Waals surface area contributed by atoms with Gasteiger partial charge in [0, 0.05) is 18.5 Å². The first-order valence-corrected chi connectivity index (χ1v) is 9.05. The largest absolute Gasteiger partial charge is 0.481 e. The fourth-order valence-electron chi connectivity index (χ4n) is 2.45. The maximum Gasteiger partial charge on any atom is 0.306 e. The van der Waals surface area contributed by atoms with E-state index in [0.29, 0.717) is 29.2 Å². The normalized spacial score (nSPS) is 12.1. The van der Waals surface area contributed by atoms with E-state index in [1.165, 1.54) is 17.9 Å². The second-order valence-corrected chi connectivity index (χ2v) is 6.85. The zero-order valence-electron chi connectivity index (χ0n) is 14.0. The molecule has 7 heteroatoms. The number of hydrogen-bond acceptors (Lipinski definition) is 2. The molecule has 4 nitrogen and oxygen atoms in total. The van der Waals surface area contributed by atoms with Crippen LogP contribution in [-0.4, -0.2) is 23.5 Å². The Balaban J connectivity index is 3.38. The molecule has 0 saturated heterocycles. The van der Waals surface area contributed by atoms with Gasteiger partial charge in [-0.05, 0) is 30.9 Å². The molecule has 0 aliphatic rings. The second-order valence-electron chi connectivity index (χ2n) is 5.65. The van der Waals surface area contributed by atoms with Crippen molar-refractivity contribution in [3.63, 3.8) is 0 Å². The quantitative estimate of drug-likeness (QED) is 0.637. The highest BCUT2D eigenvalue weighted by atomic mass is 35.5. The third-order valence-electron chi connectivity index (χ3n) is 3.92. The maximum atomic E-state index is 12.0. The van der Waals surface area contributed by atoms with Gasteiger partial charge in [-0.3, -0.25) is 9.59 Å². The molecule has 1 atom stereocenters. The minimum Gasteiger partial charge on any atom is -0.481 e. The first kappa shape index (κ1) is 21.1. The van der Waals surface area contributed by atoms with Crippen LogP contribution < -0.4 is 4.90 Å². The minimum absolute atomic E-state index is 0.175. The molecule has 1 unspecified atom stereocenters. The Labute approximate surface area is 157 Å². The summed E-state index contributed by atoms with van der Waals surface area (Å²) in [5.41, 5.74) is 0.911. The topological polar surface area (TPSA) is 57.6 Å². The summed E-state index contributed by atoms with van der Waals surface area (Å²) in [6, 6.07) is 1.52. The summed E-state index contributed by atoms with van der Waals surface area (Å²) >= 11 is 19.0. The molecule has 0 bridgehead atoms. The van der Waals surface area contributed by atoms with Crippen molar-refractivity contribution in [2.24, 2.45) is 5.92 Å². The van der Waals surface area contributed by atoms with Crippen molar-refractivity contribution in [1.82, 2.24) is 0 Å². The van der Waals surface area contributed by atoms with E-state index < -0.39 is 11.9 Å². The highest BCUT2D eigenvalue weighted by molar-refractivity contribution is 6.43. The van der Waals surface area contributed by atoms with Crippen LogP contribution in [0.1, 0.15) is 45.6 Å². The van der Waals surface area contributed by atoms with Gasteiger partial charge in [0.25, 0.3) is 0 Å². The third kappa shape index (κ3) is 5.01. The molecular formula is C17H22Cl3NO3. The lowest BCUT2D eigenvalue weighted by Gasteiger charge is -2.25. The van der Waals surface area contributed by atoms with E-state index in [1.54, 1.807) is 6.92 Å². The number of amides is 1. The summed E-state index contributed by atoms with van der Waals surface area (Å²) in [6.45, 7) is 5.75. The molecule has 1 aromatic rings. The standard InChI is InChI=1S/C17H22Cl3NO3/c1-4-6-7-21(10(3)22)16-14(19)9-13(18)12(15(16)20)8-11(5-2)17(23)24/h9,11H,4-8H2,1-3H3,(H,23,24). The molecule has 1 amide bonds. The van der Waals surface area contributed by atoms with Crippen LogP contribution in [0.5, 0.6) is 0 Å². The fraction of sp³-hybridized carbons (Fsp3) is 0.529. The number of aliphatic carboxylic acids is 1. The third-order valence-corrected chi connectivity index (χ3v) is 4.95. The van der Waals surface area contributed by atoms with Gasteiger partial charge in [-0.15, -0.1) is 0 Å². The molecule has 1 aromatic carbocycles. The summed E-state index contributed by atoms with van der Waals surface area (Å²) < 4.78 is 0. The predicted molar refractivity (Wildman–Crippen MR) is 99.5 cm³/mol. The maximum absolute atomic E-state index is 12.0. The van der Waals surface area contributed by atoms with Crippen molar-refractivity contribution in [3.8, 4) is 0 Å². The Bertz CT molecular complexity index is 620. The molecule has 24 heavy (non-hydrogen) atoms. The molecule has 0 heterocycles. The van der Waals surface area contributed by atoms with E-state index in [4.69, 9.17) is 34.8 Å². The lowest BCUT2D eigenvalue weighted by molar-refractivity contribution is -0.141. The van der Waals surface area contributed by atoms with E-state index in [-0.39, 0.29) is 22.4 Å². The van der Waals surface area contributed by atoms with Crippen LogP contribution in [0.15, 0.2) is 6.07 Å². The Morgan fingerprint density at radius 3 is 2.29 bits per heavy atom. The summed E-state index contributed by atoms with van der Waals surface area (Å²) in [4.78, 5) is 24.9. The Morgan fingerprint density at radius 2 is 1.83 bits per heavy atom. The average molecular weight is 395 g/mol. The van der Waals surface area contributed by atoms with Crippen LogP contribution in [0.25, 0.3) is 0 Å². The van der Waals surface area contributed by atoms with Crippen molar-refractivity contribution in [1.29, 1.82) is 0 Å². The number of halogens is 3. The number of hydrogen-bond donors (Lipinski definition) is 1. The number of carbonyl (C=O) groups excluding carboxylic acids is 1. The van der Waals surface area contributed by atoms with Crippen LogP contribution in [0.2, 0.25) is 15.1 Å². The average Bonchev–Trinajstić information content (AvgIpc) is 2.49. The number of unbranched alkanes of at least 4 members (excludes halogenated alkanes) is 1. The van der Waals surface area contributed by atoms with E-state index in [9.17, 15) is 14.7 Å². The molecule has 1 rings (SSSR count). The number of carboxylic acid groups (broad SMARTS) is 1. The zero-order chi connectivity index (χ0) is 18.4. The number of anilines is 1. The van der Waals surface area contributed by atoms with E-state index in [2.05, 4.69) is 0 Å². The Hall–Kier alpha value is -0.970.